The summed E-state index contributed by atoms with van der Waals surface area (Å²) in [4.78, 5) is 12.0. The Morgan fingerprint density at radius 2 is 1.80 bits per heavy atom. The first-order chi connectivity index (χ1) is 6.93. The molecule has 3 heteroatoms. The zero-order valence-electron chi connectivity index (χ0n) is 9.05. The van der Waals surface area contributed by atoms with Crippen LogP contribution in [0.2, 0.25) is 10.0 Å². The van der Waals surface area contributed by atoms with Crippen molar-refractivity contribution >= 4 is 29.0 Å². The average molecular weight is 245 g/mol. The van der Waals surface area contributed by atoms with Gasteiger partial charge in [0.05, 0.1) is 5.02 Å². The van der Waals surface area contributed by atoms with Crippen molar-refractivity contribution in [2.24, 2.45) is 11.8 Å². The maximum absolute atomic E-state index is 12.0. The van der Waals surface area contributed by atoms with Crippen LogP contribution in [0, 0.1) is 11.8 Å². The predicted molar refractivity (Wildman–Crippen MR) is 64.8 cm³/mol. The second-order valence-corrected chi connectivity index (χ2v) is 4.86. The third kappa shape index (κ3) is 2.96. The van der Waals surface area contributed by atoms with Crippen molar-refractivity contribution in [1.29, 1.82) is 0 Å². The summed E-state index contributed by atoms with van der Waals surface area (Å²) in [6.07, 6.45) is 0. The maximum atomic E-state index is 12.0. The number of hydrogen-bond acceptors (Lipinski definition) is 1. The van der Waals surface area contributed by atoms with Gasteiger partial charge in [0.1, 0.15) is 0 Å². The Hall–Kier alpha value is -0.530. The van der Waals surface area contributed by atoms with Crippen LogP contribution < -0.4 is 0 Å². The van der Waals surface area contributed by atoms with Gasteiger partial charge in [-0.3, -0.25) is 4.79 Å². The molecule has 0 heterocycles. The van der Waals surface area contributed by atoms with E-state index in [2.05, 4.69) is 0 Å². The van der Waals surface area contributed by atoms with Crippen molar-refractivity contribution in [3.63, 3.8) is 0 Å². The summed E-state index contributed by atoms with van der Waals surface area (Å²) in [6.45, 7) is 5.96. The normalized spacial score (nSPS) is 12.9. The SMILES string of the molecule is CC(C)C(C)C(=O)c1ccc(Cl)cc1Cl. The molecule has 1 atom stereocenters. The fraction of sp³-hybridized carbons (Fsp3) is 0.417. The highest BCUT2D eigenvalue weighted by Crippen LogP contribution is 2.25. The molecule has 0 aliphatic carbocycles. The van der Waals surface area contributed by atoms with Crippen LogP contribution in [0.3, 0.4) is 0 Å². The van der Waals surface area contributed by atoms with Crippen LogP contribution in [-0.4, -0.2) is 5.78 Å². The number of rotatable bonds is 3. The Kier molecular flexibility index (Phi) is 4.18. The fourth-order valence-electron chi connectivity index (χ4n) is 1.24. The number of benzene rings is 1. The van der Waals surface area contributed by atoms with E-state index >= 15 is 0 Å². The Balaban J connectivity index is 3.01. The molecule has 0 saturated heterocycles. The number of hydrogen-bond donors (Lipinski definition) is 0. The zero-order valence-corrected chi connectivity index (χ0v) is 10.6. The van der Waals surface area contributed by atoms with E-state index in [0.29, 0.717) is 21.5 Å². The number of carbonyl (C=O) groups excluding carboxylic acids is 1. The molecular weight excluding hydrogens is 231 g/mol. The first-order valence-corrected chi connectivity index (χ1v) is 5.68. The zero-order chi connectivity index (χ0) is 11.6. The van der Waals surface area contributed by atoms with Gasteiger partial charge in [0.15, 0.2) is 5.78 Å². The van der Waals surface area contributed by atoms with E-state index in [0.717, 1.165) is 0 Å². The minimum atomic E-state index is -0.0244. The number of halogens is 2. The first-order valence-electron chi connectivity index (χ1n) is 4.92. The third-order valence-electron chi connectivity index (χ3n) is 2.61. The molecule has 1 aromatic rings. The molecule has 82 valence electrons. The van der Waals surface area contributed by atoms with E-state index in [1.807, 2.05) is 20.8 Å². The second kappa shape index (κ2) is 5.00. The van der Waals surface area contributed by atoms with E-state index in [-0.39, 0.29) is 11.7 Å². The Labute approximate surface area is 100 Å². The van der Waals surface area contributed by atoms with Crippen LogP contribution in [-0.2, 0) is 0 Å². The maximum Gasteiger partial charge on any atom is 0.167 e. The predicted octanol–water partition coefficient (Wildman–Crippen LogP) is 4.47. The Morgan fingerprint density at radius 1 is 1.20 bits per heavy atom. The van der Waals surface area contributed by atoms with E-state index in [1.54, 1.807) is 18.2 Å². The Bertz CT molecular complexity index is 372. The van der Waals surface area contributed by atoms with Gasteiger partial charge in [-0.25, -0.2) is 0 Å². The molecule has 0 aliphatic heterocycles. The monoisotopic (exact) mass is 244 g/mol. The van der Waals surface area contributed by atoms with Gasteiger partial charge in [-0.15, -0.1) is 0 Å². The standard InChI is InChI=1S/C12H14Cl2O/c1-7(2)8(3)12(15)10-5-4-9(13)6-11(10)14/h4-8H,1-3H3. The molecule has 0 fully saturated rings. The van der Waals surface area contributed by atoms with Gasteiger partial charge in [0, 0.05) is 16.5 Å². The quantitative estimate of drug-likeness (QED) is 0.718. The van der Waals surface area contributed by atoms with Crippen LogP contribution in [0.4, 0.5) is 0 Å². The van der Waals surface area contributed by atoms with Crippen LogP contribution in [0.1, 0.15) is 31.1 Å². The molecule has 0 N–H and O–H groups in total. The van der Waals surface area contributed by atoms with Gasteiger partial charge in [0.25, 0.3) is 0 Å². The average Bonchev–Trinajstić information content (AvgIpc) is 2.15. The number of Topliss-reactive ketones (excluding diaryl/α,β-unsaturated/α-hetero) is 1. The fourth-order valence-corrected chi connectivity index (χ4v) is 1.74. The first kappa shape index (κ1) is 12.5. The minimum Gasteiger partial charge on any atom is -0.294 e. The molecule has 0 saturated carbocycles. The lowest BCUT2D eigenvalue weighted by Crippen LogP contribution is -2.17. The summed E-state index contributed by atoms with van der Waals surface area (Å²) in [6, 6.07) is 4.98. The van der Waals surface area contributed by atoms with Gasteiger partial charge in [0.2, 0.25) is 0 Å². The summed E-state index contributed by atoms with van der Waals surface area (Å²) >= 11 is 11.7. The minimum absolute atomic E-state index is 0.0244. The molecule has 0 radical (unpaired) electrons. The van der Waals surface area contributed by atoms with Crippen molar-refractivity contribution in [2.45, 2.75) is 20.8 Å². The van der Waals surface area contributed by atoms with Gasteiger partial charge >= 0.3 is 0 Å². The molecular formula is C12H14Cl2O. The highest BCUT2D eigenvalue weighted by atomic mass is 35.5. The molecule has 15 heavy (non-hydrogen) atoms. The van der Waals surface area contributed by atoms with Crippen LogP contribution >= 0.6 is 23.2 Å². The summed E-state index contributed by atoms with van der Waals surface area (Å²) in [5.74, 6) is 0.361. The molecule has 1 aromatic carbocycles. The number of carbonyl (C=O) groups is 1. The lowest BCUT2D eigenvalue weighted by molar-refractivity contribution is 0.0900. The van der Waals surface area contributed by atoms with E-state index in [4.69, 9.17) is 23.2 Å². The van der Waals surface area contributed by atoms with Gasteiger partial charge in [-0.2, -0.15) is 0 Å². The topological polar surface area (TPSA) is 17.1 Å². The molecule has 1 nitrogen and oxygen atoms in total. The third-order valence-corrected chi connectivity index (χ3v) is 3.16. The molecule has 0 bridgehead atoms. The van der Waals surface area contributed by atoms with Crippen LogP contribution in [0.15, 0.2) is 18.2 Å². The van der Waals surface area contributed by atoms with Crippen molar-refractivity contribution < 1.29 is 4.79 Å². The van der Waals surface area contributed by atoms with Crippen molar-refractivity contribution in [2.75, 3.05) is 0 Å². The highest BCUT2D eigenvalue weighted by Gasteiger charge is 2.20. The van der Waals surface area contributed by atoms with Crippen molar-refractivity contribution in [3.05, 3.63) is 33.8 Å². The lowest BCUT2D eigenvalue weighted by atomic mass is 9.90. The van der Waals surface area contributed by atoms with Crippen LogP contribution in [0.25, 0.3) is 0 Å². The summed E-state index contributed by atoms with van der Waals surface area (Å²) in [5, 5.41) is 0.980. The molecule has 1 unspecified atom stereocenters. The van der Waals surface area contributed by atoms with Crippen molar-refractivity contribution in [1.82, 2.24) is 0 Å². The van der Waals surface area contributed by atoms with Crippen molar-refractivity contribution in [3.8, 4) is 0 Å². The molecule has 0 aromatic heterocycles. The largest absolute Gasteiger partial charge is 0.294 e. The van der Waals surface area contributed by atoms with Crippen LogP contribution in [0.5, 0.6) is 0 Å². The summed E-state index contributed by atoms with van der Waals surface area (Å²) < 4.78 is 0. The van der Waals surface area contributed by atoms with E-state index in [1.165, 1.54) is 0 Å². The number of ketones is 1. The van der Waals surface area contributed by atoms with E-state index < -0.39 is 0 Å². The van der Waals surface area contributed by atoms with Gasteiger partial charge < -0.3 is 0 Å². The van der Waals surface area contributed by atoms with Gasteiger partial charge in [-0.1, -0.05) is 44.0 Å². The highest BCUT2D eigenvalue weighted by molar-refractivity contribution is 6.36. The Morgan fingerprint density at radius 3 is 2.27 bits per heavy atom. The van der Waals surface area contributed by atoms with E-state index in [9.17, 15) is 4.79 Å². The summed E-state index contributed by atoms with van der Waals surface area (Å²) in [7, 11) is 0. The smallest absolute Gasteiger partial charge is 0.167 e. The molecule has 0 spiro atoms. The summed E-state index contributed by atoms with van der Waals surface area (Å²) in [5.41, 5.74) is 0.558. The lowest BCUT2D eigenvalue weighted by Gasteiger charge is -2.14. The molecule has 0 aliphatic rings. The molecule has 0 amide bonds. The second-order valence-electron chi connectivity index (χ2n) is 4.02. The van der Waals surface area contributed by atoms with Gasteiger partial charge in [-0.05, 0) is 24.1 Å². The molecule has 1 rings (SSSR count).